The fourth-order valence-electron chi connectivity index (χ4n) is 2.54. The molecule has 1 saturated carbocycles. The molecule has 2 rings (SSSR count). The Morgan fingerprint density at radius 3 is 2.58 bits per heavy atom. The first-order valence-corrected chi connectivity index (χ1v) is 8.26. The minimum Gasteiger partial charge on any atom is -0.354 e. The minimum atomic E-state index is 0.812. The highest BCUT2D eigenvalue weighted by molar-refractivity contribution is 5.10. The summed E-state index contributed by atoms with van der Waals surface area (Å²) in [5.41, 5.74) is 1.44. The first kappa shape index (κ1) is 14.6. The molecule has 0 unspecified atom stereocenters. The third-order valence-corrected chi connectivity index (χ3v) is 4.00. The maximum atomic E-state index is 3.57. The molecule has 1 aromatic heterocycles. The maximum Gasteiger partial charge on any atom is 0.0223 e. The van der Waals surface area contributed by atoms with Crippen LogP contribution < -0.4 is 5.32 Å². The van der Waals surface area contributed by atoms with E-state index < -0.39 is 0 Å². The van der Waals surface area contributed by atoms with Gasteiger partial charge in [0.25, 0.3) is 0 Å². The van der Waals surface area contributed by atoms with Crippen molar-refractivity contribution in [1.82, 2.24) is 9.88 Å². The smallest absolute Gasteiger partial charge is 0.0223 e. The zero-order valence-corrected chi connectivity index (χ0v) is 12.5. The maximum absolute atomic E-state index is 3.57. The predicted molar refractivity (Wildman–Crippen MR) is 82.3 cm³/mol. The van der Waals surface area contributed by atoms with Crippen molar-refractivity contribution in [2.45, 2.75) is 83.8 Å². The van der Waals surface area contributed by atoms with Crippen LogP contribution in [0.5, 0.6) is 0 Å². The van der Waals surface area contributed by atoms with E-state index in [0.717, 1.165) is 12.6 Å². The van der Waals surface area contributed by atoms with Crippen molar-refractivity contribution in [3.8, 4) is 0 Å². The summed E-state index contributed by atoms with van der Waals surface area (Å²) in [6, 6.07) is 3.07. The number of rotatable bonds is 11. The molecule has 0 amide bonds. The van der Waals surface area contributed by atoms with Crippen LogP contribution >= 0.6 is 0 Å². The van der Waals surface area contributed by atoms with Crippen molar-refractivity contribution < 1.29 is 0 Å². The molecule has 1 aliphatic carbocycles. The summed E-state index contributed by atoms with van der Waals surface area (Å²) in [7, 11) is 0. The van der Waals surface area contributed by atoms with E-state index in [0.29, 0.717) is 0 Å². The fraction of sp³-hybridized carbons (Fsp3) is 0.765. The lowest BCUT2D eigenvalue weighted by atomic mass is 10.1. The van der Waals surface area contributed by atoms with Crippen LogP contribution in [0.3, 0.4) is 0 Å². The van der Waals surface area contributed by atoms with Crippen molar-refractivity contribution in [3.63, 3.8) is 0 Å². The van der Waals surface area contributed by atoms with Crippen molar-refractivity contribution in [3.05, 3.63) is 24.0 Å². The molecule has 0 atom stereocenters. The third kappa shape index (κ3) is 6.29. The lowest BCUT2D eigenvalue weighted by Crippen LogP contribution is -2.14. The van der Waals surface area contributed by atoms with E-state index in [4.69, 9.17) is 0 Å². The fourth-order valence-corrected chi connectivity index (χ4v) is 2.54. The standard InChI is InChI=1S/C17H30N2/c1-2-3-4-5-6-7-8-12-19-13-11-16(15-19)14-18-17-9-10-17/h11,13,15,17-18H,2-10,12,14H2,1H3. The number of nitrogens with one attached hydrogen (secondary N) is 1. The van der Waals surface area contributed by atoms with E-state index in [1.807, 2.05) is 0 Å². The second-order valence-corrected chi connectivity index (χ2v) is 6.03. The summed E-state index contributed by atoms with van der Waals surface area (Å²) in [5, 5.41) is 3.57. The van der Waals surface area contributed by atoms with Crippen LogP contribution in [0.2, 0.25) is 0 Å². The Bertz CT molecular complexity index is 339. The highest BCUT2D eigenvalue weighted by Crippen LogP contribution is 2.19. The van der Waals surface area contributed by atoms with Gasteiger partial charge in [-0.05, 0) is 30.9 Å². The molecule has 1 heterocycles. The van der Waals surface area contributed by atoms with E-state index in [1.54, 1.807) is 0 Å². The Morgan fingerprint density at radius 2 is 1.84 bits per heavy atom. The van der Waals surface area contributed by atoms with Crippen LogP contribution in [-0.2, 0) is 13.1 Å². The van der Waals surface area contributed by atoms with Gasteiger partial charge in [0.15, 0.2) is 0 Å². The predicted octanol–water partition coefficient (Wildman–Crippen LogP) is 4.49. The third-order valence-electron chi connectivity index (χ3n) is 4.00. The van der Waals surface area contributed by atoms with Crippen molar-refractivity contribution in [1.29, 1.82) is 0 Å². The molecule has 2 nitrogen and oxygen atoms in total. The van der Waals surface area contributed by atoms with Gasteiger partial charge in [0, 0.05) is 31.5 Å². The Morgan fingerprint density at radius 1 is 1.11 bits per heavy atom. The normalized spacial score (nSPS) is 15.0. The second kappa shape index (κ2) is 8.42. The average Bonchev–Trinajstić information content (AvgIpc) is 3.15. The van der Waals surface area contributed by atoms with E-state index >= 15 is 0 Å². The molecule has 2 heteroatoms. The molecule has 0 saturated heterocycles. The van der Waals surface area contributed by atoms with E-state index in [9.17, 15) is 0 Å². The topological polar surface area (TPSA) is 17.0 Å². The Balaban J connectivity index is 1.50. The van der Waals surface area contributed by atoms with Crippen molar-refractivity contribution in [2.24, 2.45) is 0 Å². The lowest BCUT2D eigenvalue weighted by Gasteiger charge is -2.03. The number of hydrogen-bond donors (Lipinski definition) is 1. The first-order valence-electron chi connectivity index (χ1n) is 8.26. The van der Waals surface area contributed by atoms with E-state index in [-0.39, 0.29) is 0 Å². The van der Waals surface area contributed by atoms with Gasteiger partial charge in [-0.3, -0.25) is 0 Å². The van der Waals surface area contributed by atoms with Gasteiger partial charge in [-0.25, -0.2) is 0 Å². The molecule has 19 heavy (non-hydrogen) atoms. The van der Waals surface area contributed by atoms with Crippen LogP contribution in [0.4, 0.5) is 0 Å². The molecule has 1 fully saturated rings. The summed E-state index contributed by atoms with van der Waals surface area (Å²) in [4.78, 5) is 0. The Hall–Kier alpha value is -0.760. The lowest BCUT2D eigenvalue weighted by molar-refractivity contribution is 0.550. The van der Waals surface area contributed by atoms with Gasteiger partial charge in [-0.1, -0.05) is 45.4 Å². The average molecular weight is 262 g/mol. The van der Waals surface area contributed by atoms with Crippen LogP contribution in [0, 0.1) is 0 Å². The van der Waals surface area contributed by atoms with E-state index in [1.165, 1.54) is 69.9 Å². The molecule has 0 radical (unpaired) electrons. The SMILES string of the molecule is CCCCCCCCCn1ccc(CNC2CC2)c1. The van der Waals surface area contributed by atoms with Crippen molar-refractivity contribution >= 4 is 0 Å². The molecule has 0 aromatic carbocycles. The molecule has 108 valence electrons. The van der Waals surface area contributed by atoms with Crippen molar-refractivity contribution in [2.75, 3.05) is 0 Å². The van der Waals surface area contributed by atoms with Gasteiger partial charge in [0.1, 0.15) is 0 Å². The molecule has 1 aromatic rings. The molecule has 0 bridgehead atoms. The van der Waals surface area contributed by atoms with Crippen LogP contribution in [0.1, 0.15) is 70.3 Å². The Labute approximate surface area is 118 Å². The number of nitrogens with zero attached hydrogens (tertiary/aromatic N) is 1. The molecular formula is C17H30N2. The number of aromatic nitrogens is 1. The summed E-state index contributed by atoms with van der Waals surface area (Å²) < 4.78 is 2.36. The zero-order valence-electron chi connectivity index (χ0n) is 12.5. The summed E-state index contributed by atoms with van der Waals surface area (Å²) >= 11 is 0. The molecular weight excluding hydrogens is 232 g/mol. The number of hydrogen-bond acceptors (Lipinski definition) is 1. The number of aryl methyl sites for hydroxylation is 1. The first-order chi connectivity index (χ1) is 9.38. The molecule has 0 aliphatic heterocycles. The van der Waals surface area contributed by atoms with Gasteiger partial charge in [0.2, 0.25) is 0 Å². The minimum absolute atomic E-state index is 0.812. The van der Waals surface area contributed by atoms with Gasteiger partial charge < -0.3 is 9.88 Å². The van der Waals surface area contributed by atoms with Gasteiger partial charge in [-0.15, -0.1) is 0 Å². The van der Waals surface area contributed by atoms with Crippen LogP contribution in [-0.4, -0.2) is 10.6 Å². The van der Waals surface area contributed by atoms with Crippen LogP contribution in [0.15, 0.2) is 18.5 Å². The number of unbranched alkanes of at least 4 members (excludes halogenated alkanes) is 6. The van der Waals surface area contributed by atoms with E-state index in [2.05, 4.69) is 35.3 Å². The summed E-state index contributed by atoms with van der Waals surface area (Å²) in [5.74, 6) is 0. The second-order valence-electron chi connectivity index (χ2n) is 6.03. The molecule has 1 N–H and O–H groups in total. The molecule has 1 aliphatic rings. The quantitative estimate of drug-likeness (QED) is 0.581. The highest BCUT2D eigenvalue weighted by atomic mass is 15.0. The molecule has 0 spiro atoms. The monoisotopic (exact) mass is 262 g/mol. The van der Waals surface area contributed by atoms with Crippen LogP contribution in [0.25, 0.3) is 0 Å². The highest BCUT2D eigenvalue weighted by Gasteiger charge is 2.19. The summed E-state index contributed by atoms with van der Waals surface area (Å²) in [6.07, 6.45) is 17.0. The Kier molecular flexibility index (Phi) is 6.49. The zero-order chi connectivity index (χ0) is 13.3. The largest absolute Gasteiger partial charge is 0.354 e. The van der Waals surface area contributed by atoms with Gasteiger partial charge >= 0.3 is 0 Å². The van der Waals surface area contributed by atoms with Gasteiger partial charge in [0.05, 0.1) is 0 Å². The van der Waals surface area contributed by atoms with Gasteiger partial charge in [-0.2, -0.15) is 0 Å². The summed E-state index contributed by atoms with van der Waals surface area (Å²) in [6.45, 7) is 4.52.